The molecule has 1 atom stereocenters. The summed E-state index contributed by atoms with van der Waals surface area (Å²) in [7, 11) is -21.8. The minimum atomic E-state index is -3.17. The zero-order valence-corrected chi connectivity index (χ0v) is 73.9. The SMILES string of the molecule is CC(C)(C)C12COP(=O)(OC1)OC2.CC(C)C(C(C)C)C12COP(=O)(OC1)OC2.CCC12COP(=O)(OC1)OC2.CCCCCC(CC)C12COP(=O)(OC1)OC2.CCCCCCC12COP(=O)(OC1)OC2.CCCCCCCCCCCCCCCCCCC12COP(=O)(OC1)OC2.O=P12OCC(CO1)CO2. The molecule has 28 nitrogen and oxygen atoms in total. The highest BCUT2D eigenvalue weighted by atomic mass is 31.2. The molecule has 0 aliphatic carbocycles. The zero-order chi connectivity index (χ0) is 78.4. The van der Waals surface area contributed by atoms with Crippen molar-refractivity contribution in [3.8, 4) is 0 Å². The van der Waals surface area contributed by atoms with Crippen molar-refractivity contribution in [2.24, 2.45) is 67.5 Å². The van der Waals surface area contributed by atoms with Crippen LogP contribution in [0.25, 0.3) is 0 Å². The molecular weight excluding hydrogens is 1540 g/mol. The van der Waals surface area contributed by atoms with Crippen molar-refractivity contribution in [3.05, 3.63) is 0 Å². The average molecular weight is 1680 g/mol. The van der Waals surface area contributed by atoms with E-state index in [0.29, 0.717) is 168 Å². The minimum Gasteiger partial charge on any atom is -0.286 e. The first-order valence-electron chi connectivity index (χ1n) is 41.0. The zero-order valence-electron chi connectivity index (χ0n) is 67.6. The standard InChI is InChI=1S/C22H43O4P.C12H23O4P.C11H21O4P.C10H19O4P.C8H15O4P.C6H11O4P.C4H7O4P/c1-2-3-4-5-6-7-8-9-10-11-12-13-14-15-16-17-18-22-19-24-27(23,25-20-22)26-21-22;1-3-5-6-7-11(4-2)12-8-14-17(13,15-9-12)16-10-12;1-8(2)10(9(3)4)11-5-13-16(12,14-6-11)15-7-11;1-2-3-4-5-6-10-7-12-15(11,13-8-10)14-9-10;1-7(2,3)8-4-10-13(9,11-5-8)12-6-8;1-2-6-3-8-11(7,9-4-6)10-5-6;5-9-6-1-4(2-7-9)3-8-9/h2-21H2,1H3;11H,3-10H2,1-2H3;8-10H,5-7H2,1-4H3;2-9H2,1H3;4-6H2,1-3H3;2-5H2,1H3;4H,1-3H2. The van der Waals surface area contributed by atoms with Crippen LogP contribution in [0.2, 0.25) is 0 Å². The van der Waals surface area contributed by atoms with E-state index in [9.17, 15) is 32.0 Å². The van der Waals surface area contributed by atoms with Gasteiger partial charge in [-0.15, -0.1) is 0 Å². The Morgan fingerprint density at radius 1 is 0.296 bits per heavy atom. The van der Waals surface area contributed by atoms with Gasteiger partial charge in [0.15, 0.2) is 0 Å². The molecule has 0 aromatic heterocycles. The van der Waals surface area contributed by atoms with Crippen LogP contribution in [0.4, 0.5) is 0 Å². The number of unbranched alkanes of at least 4 members (excludes halogenated alkanes) is 20. The van der Waals surface area contributed by atoms with E-state index >= 15 is 0 Å². The van der Waals surface area contributed by atoms with Crippen molar-refractivity contribution in [2.75, 3.05) is 139 Å². The first-order valence-corrected chi connectivity index (χ1v) is 51.2. The van der Waals surface area contributed by atoms with E-state index in [1.807, 2.05) is 0 Å². The van der Waals surface area contributed by atoms with Gasteiger partial charge in [0.25, 0.3) is 0 Å². The molecule has 21 heterocycles. The van der Waals surface area contributed by atoms with Crippen LogP contribution < -0.4 is 0 Å². The lowest BCUT2D eigenvalue weighted by molar-refractivity contribution is -0.143. The van der Waals surface area contributed by atoms with Crippen molar-refractivity contribution in [3.63, 3.8) is 0 Å². The minimum absolute atomic E-state index is 0.0279. The van der Waals surface area contributed by atoms with Crippen molar-refractivity contribution >= 4 is 54.8 Å². The molecule has 634 valence electrons. The van der Waals surface area contributed by atoms with Crippen LogP contribution in [0.15, 0.2) is 0 Å². The third-order valence-electron chi connectivity index (χ3n) is 23.8. The molecular formula is C73H139O28P7. The van der Waals surface area contributed by atoms with E-state index in [0.717, 1.165) is 25.7 Å². The third kappa shape index (κ3) is 27.1. The normalized spacial score (nSPS) is 38.7. The molecule has 0 aromatic carbocycles. The number of phosphoric acid groups is 7. The van der Waals surface area contributed by atoms with Gasteiger partial charge in [-0.1, -0.05) is 237 Å². The average Bonchev–Trinajstić information content (AvgIpc) is 0.750. The molecule has 0 spiro atoms. The van der Waals surface area contributed by atoms with Gasteiger partial charge in [0.1, 0.15) is 0 Å². The summed E-state index contributed by atoms with van der Waals surface area (Å²) in [4.78, 5) is 0. The van der Waals surface area contributed by atoms with Crippen LogP contribution >= 0.6 is 54.8 Å². The Labute approximate surface area is 647 Å². The summed E-state index contributed by atoms with van der Waals surface area (Å²) >= 11 is 0. The lowest BCUT2D eigenvalue weighted by atomic mass is 9.66. The van der Waals surface area contributed by atoms with Crippen LogP contribution in [-0.4, -0.2) is 139 Å². The van der Waals surface area contributed by atoms with Crippen molar-refractivity contribution in [1.82, 2.24) is 0 Å². The summed E-state index contributed by atoms with van der Waals surface area (Å²) in [5.74, 6) is 2.36. The molecule has 14 bridgehead atoms. The molecule has 21 saturated heterocycles. The highest BCUT2D eigenvalue weighted by Gasteiger charge is 2.59. The number of hydrogen-bond donors (Lipinski definition) is 0. The first kappa shape index (κ1) is 94.3. The van der Waals surface area contributed by atoms with Crippen molar-refractivity contribution < 1.29 is 127 Å². The second-order valence-corrected chi connectivity index (χ2v) is 46.1. The number of rotatable bonds is 32. The van der Waals surface area contributed by atoms with Gasteiger partial charge in [-0.25, -0.2) is 32.0 Å². The second-order valence-electron chi connectivity index (χ2n) is 34.4. The number of phosphoric ester groups is 7. The summed E-state index contributed by atoms with van der Waals surface area (Å²) in [6.45, 7) is 37.1. The molecule has 108 heavy (non-hydrogen) atoms. The molecule has 0 radical (unpaired) electrons. The number of fused-ring (bicyclic) bond motifs is 21. The van der Waals surface area contributed by atoms with Gasteiger partial charge in [-0.3, -0.25) is 95.0 Å². The van der Waals surface area contributed by atoms with Crippen LogP contribution in [0.1, 0.15) is 263 Å². The maximum atomic E-state index is 11.7. The van der Waals surface area contributed by atoms with E-state index in [4.69, 9.17) is 95.0 Å². The third-order valence-corrected chi connectivity index (χ3v) is 33.3. The molecule has 0 aromatic rings. The van der Waals surface area contributed by atoms with E-state index in [1.54, 1.807) is 0 Å². The summed E-state index contributed by atoms with van der Waals surface area (Å²) < 4.78 is 188. The van der Waals surface area contributed by atoms with Gasteiger partial charge in [-0.05, 0) is 54.8 Å². The maximum Gasteiger partial charge on any atom is 0.474 e. The Morgan fingerprint density at radius 3 is 0.796 bits per heavy atom. The summed E-state index contributed by atoms with van der Waals surface area (Å²) in [5.41, 5.74) is -0.380. The maximum absolute atomic E-state index is 11.7. The van der Waals surface area contributed by atoms with E-state index in [1.165, 1.54) is 154 Å². The fourth-order valence-corrected chi connectivity index (χ4v) is 26.2. The lowest BCUT2D eigenvalue weighted by Crippen LogP contribution is -2.52. The van der Waals surface area contributed by atoms with Crippen LogP contribution in [-0.2, 0) is 127 Å². The molecule has 0 saturated carbocycles. The monoisotopic (exact) mass is 1680 g/mol. The van der Waals surface area contributed by atoms with Gasteiger partial charge >= 0.3 is 54.8 Å². The van der Waals surface area contributed by atoms with Gasteiger partial charge in [0, 0.05) is 38.4 Å². The predicted molar refractivity (Wildman–Crippen MR) is 410 cm³/mol. The molecule has 21 aliphatic rings. The molecule has 21 rings (SSSR count). The topological polar surface area (TPSA) is 313 Å². The van der Waals surface area contributed by atoms with Gasteiger partial charge in [0.05, 0.1) is 139 Å². The molecule has 0 N–H and O–H groups in total. The molecule has 1 unspecified atom stereocenters. The van der Waals surface area contributed by atoms with Crippen LogP contribution in [0, 0.1) is 67.5 Å². The van der Waals surface area contributed by atoms with E-state index in [2.05, 4.69) is 83.1 Å². The summed E-state index contributed by atoms with van der Waals surface area (Å²) in [5, 5.41) is 0. The molecule has 21 aliphatic heterocycles. The Balaban J connectivity index is 0.000000163. The fourth-order valence-electron chi connectivity index (χ4n) is 15.8. The fraction of sp³-hybridized carbons (Fsp3) is 1.00. The summed E-state index contributed by atoms with van der Waals surface area (Å²) in [6.07, 6.45) is 36.3. The number of hydrogen-bond acceptors (Lipinski definition) is 28. The Bertz CT molecular complexity index is 2830. The van der Waals surface area contributed by atoms with E-state index in [-0.39, 0.29) is 37.9 Å². The van der Waals surface area contributed by atoms with Gasteiger partial charge in [0.2, 0.25) is 0 Å². The first-order chi connectivity index (χ1) is 51.2. The van der Waals surface area contributed by atoms with Crippen LogP contribution in [0.3, 0.4) is 0 Å². The van der Waals surface area contributed by atoms with Gasteiger partial charge in [-0.2, -0.15) is 0 Å². The summed E-state index contributed by atoms with van der Waals surface area (Å²) in [6, 6.07) is 0. The lowest BCUT2D eigenvalue weighted by Gasteiger charge is -2.51. The predicted octanol–water partition coefficient (Wildman–Crippen LogP) is 22.3. The molecule has 0 amide bonds. The quantitative estimate of drug-likeness (QED) is 0.0446. The van der Waals surface area contributed by atoms with Gasteiger partial charge < -0.3 is 0 Å². The second kappa shape index (κ2) is 42.6. The Morgan fingerprint density at radius 2 is 0.537 bits per heavy atom. The Hall–Kier alpha value is 0.770. The largest absolute Gasteiger partial charge is 0.474 e. The van der Waals surface area contributed by atoms with Crippen LogP contribution in [0.5, 0.6) is 0 Å². The molecule has 21 fully saturated rings. The highest BCUT2D eigenvalue weighted by molar-refractivity contribution is 7.50. The highest BCUT2D eigenvalue weighted by Crippen LogP contribution is 2.67. The van der Waals surface area contributed by atoms with Crippen molar-refractivity contribution in [1.29, 1.82) is 0 Å². The molecule has 35 heteroatoms. The van der Waals surface area contributed by atoms with Crippen molar-refractivity contribution in [2.45, 2.75) is 263 Å². The smallest absolute Gasteiger partial charge is 0.286 e. The Kier molecular flexibility index (Phi) is 37.2. The van der Waals surface area contributed by atoms with E-state index < -0.39 is 54.8 Å².